The quantitative estimate of drug-likeness (QED) is 0.570. The van der Waals surface area contributed by atoms with Crippen molar-refractivity contribution in [2.24, 2.45) is 0 Å². The minimum Gasteiger partial charge on any atom is -0.481 e. The van der Waals surface area contributed by atoms with Crippen molar-refractivity contribution in [1.82, 2.24) is 0 Å². The number of hydrogen-bond donors (Lipinski definition) is 2. The first kappa shape index (κ1) is 19.2. The third kappa shape index (κ3) is 8.99. The highest BCUT2D eigenvalue weighted by atomic mass is 16.4. The Kier molecular flexibility index (Phi) is 9.73. The molecule has 1 unspecified atom stereocenters. The van der Waals surface area contributed by atoms with Crippen molar-refractivity contribution in [2.45, 2.75) is 58.0 Å². The van der Waals surface area contributed by atoms with E-state index in [4.69, 9.17) is 5.11 Å². The van der Waals surface area contributed by atoms with E-state index in [1.807, 2.05) is 48.6 Å². The van der Waals surface area contributed by atoms with Crippen LogP contribution in [0, 0.1) is 0 Å². The van der Waals surface area contributed by atoms with Crippen LogP contribution in [0.1, 0.15) is 63.0 Å². The fourth-order valence-electron chi connectivity index (χ4n) is 2.31. The van der Waals surface area contributed by atoms with Crippen LogP contribution in [-0.4, -0.2) is 22.3 Å². The van der Waals surface area contributed by atoms with E-state index in [2.05, 4.69) is 6.92 Å². The van der Waals surface area contributed by atoms with Crippen molar-refractivity contribution >= 4 is 18.1 Å². The van der Waals surface area contributed by atoms with Crippen LogP contribution in [0.4, 0.5) is 0 Å². The lowest BCUT2D eigenvalue weighted by atomic mass is 10.0. The molecule has 1 rings (SSSR count). The van der Waals surface area contributed by atoms with Gasteiger partial charge in [-0.2, -0.15) is 0 Å². The molecule has 1 aromatic rings. The highest BCUT2D eigenvalue weighted by Gasteiger charge is 2.00. The van der Waals surface area contributed by atoms with Crippen molar-refractivity contribution in [2.75, 3.05) is 0 Å². The lowest BCUT2D eigenvalue weighted by molar-refractivity contribution is -0.137. The first-order chi connectivity index (χ1) is 11.1. The number of carboxylic acids is 1. The Morgan fingerprint density at radius 1 is 1.13 bits per heavy atom. The Labute approximate surface area is 139 Å². The minimum atomic E-state index is -0.751. The Morgan fingerprint density at radius 3 is 2.48 bits per heavy atom. The first-order valence-electron chi connectivity index (χ1n) is 8.47. The van der Waals surface area contributed by atoms with Gasteiger partial charge in [0.25, 0.3) is 0 Å². The van der Waals surface area contributed by atoms with Gasteiger partial charge >= 0.3 is 5.97 Å². The topological polar surface area (TPSA) is 57.5 Å². The Morgan fingerprint density at radius 2 is 1.83 bits per heavy atom. The van der Waals surface area contributed by atoms with Crippen LogP contribution < -0.4 is 0 Å². The molecule has 0 aliphatic heterocycles. The van der Waals surface area contributed by atoms with Crippen LogP contribution in [0.3, 0.4) is 0 Å². The minimum absolute atomic E-state index is 0.204. The van der Waals surface area contributed by atoms with Crippen LogP contribution in [0.25, 0.3) is 12.2 Å². The van der Waals surface area contributed by atoms with Gasteiger partial charge in [-0.1, -0.05) is 74.8 Å². The van der Waals surface area contributed by atoms with E-state index in [9.17, 15) is 9.90 Å². The molecule has 0 radical (unpaired) electrons. The second-order valence-corrected chi connectivity index (χ2v) is 5.74. The lowest BCUT2D eigenvalue weighted by Gasteiger charge is -2.05. The summed E-state index contributed by atoms with van der Waals surface area (Å²) in [5, 5.41) is 18.6. The summed E-state index contributed by atoms with van der Waals surface area (Å²) in [6.07, 6.45) is 13.2. The van der Waals surface area contributed by atoms with E-state index in [1.165, 1.54) is 0 Å². The molecule has 3 heteroatoms. The van der Waals surface area contributed by atoms with E-state index in [1.54, 1.807) is 0 Å². The monoisotopic (exact) mass is 316 g/mol. The standard InChI is InChI=1S/C20H28O3/c1-2-3-5-13-19(21)16-15-18-12-9-8-11-17(18)10-6-4-7-14-20(22)23/h6,8-12,15-16,19,21H,2-5,7,13-14H2,1H3,(H,22,23). The summed E-state index contributed by atoms with van der Waals surface area (Å²) >= 11 is 0. The number of aliphatic hydroxyl groups excluding tert-OH is 1. The van der Waals surface area contributed by atoms with Gasteiger partial charge < -0.3 is 10.2 Å². The Balaban J connectivity index is 2.55. The SMILES string of the molecule is CCCCCC(O)C=Cc1ccccc1C=CCCCC(=O)O. The maximum absolute atomic E-state index is 10.5. The number of benzene rings is 1. The van der Waals surface area contributed by atoms with Crippen LogP contribution in [0.15, 0.2) is 36.4 Å². The number of rotatable bonds is 11. The second-order valence-electron chi connectivity index (χ2n) is 5.74. The zero-order valence-corrected chi connectivity index (χ0v) is 13.9. The zero-order valence-electron chi connectivity index (χ0n) is 13.9. The molecule has 0 bridgehead atoms. The zero-order chi connectivity index (χ0) is 16.9. The predicted molar refractivity (Wildman–Crippen MR) is 96.1 cm³/mol. The average Bonchev–Trinajstić information content (AvgIpc) is 2.53. The number of aliphatic hydroxyl groups is 1. The third-order valence-corrected chi connectivity index (χ3v) is 3.66. The molecule has 126 valence electrons. The molecular formula is C20H28O3. The average molecular weight is 316 g/mol. The van der Waals surface area contributed by atoms with E-state index in [0.717, 1.165) is 43.2 Å². The van der Waals surface area contributed by atoms with Crippen LogP contribution >= 0.6 is 0 Å². The molecule has 0 heterocycles. The molecule has 0 aliphatic rings. The van der Waals surface area contributed by atoms with E-state index >= 15 is 0 Å². The predicted octanol–water partition coefficient (Wildman–Crippen LogP) is 4.91. The Hall–Kier alpha value is -1.87. The molecule has 0 spiro atoms. The van der Waals surface area contributed by atoms with Crippen molar-refractivity contribution in [1.29, 1.82) is 0 Å². The molecule has 23 heavy (non-hydrogen) atoms. The molecule has 0 saturated carbocycles. The molecule has 0 aliphatic carbocycles. The van der Waals surface area contributed by atoms with Gasteiger partial charge in [0.05, 0.1) is 6.10 Å². The second kappa shape index (κ2) is 11.7. The van der Waals surface area contributed by atoms with Gasteiger partial charge in [-0.15, -0.1) is 0 Å². The molecule has 3 nitrogen and oxygen atoms in total. The van der Waals surface area contributed by atoms with Gasteiger partial charge in [-0.25, -0.2) is 0 Å². The fraction of sp³-hybridized carbons (Fsp3) is 0.450. The summed E-state index contributed by atoms with van der Waals surface area (Å²) in [5.41, 5.74) is 2.15. The number of aliphatic carboxylic acids is 1. The molecule has 0 fully saturated rings. The van der Waals surface area contributed by atoms with E-state index in [-0.39, 0.29) is 6.42 Å². The molecule has 1 atom stereocenters. The molecule has 0 aromatic heterocycles. The van der Waals surface area contributed by atoms with Crippen molar-refractivity contribution in [3.05, 3.63) is 47.5 Å². The van der Waals surface area contributed by atoms with Crippen molar-refractivity contribution in [3.8, 4) is 0 Å². The number of allylic oxidation sites excluding steroid dienone is 1. The number of carboxylic acid groups (broad SMARTS) is 1. The number of carbonyl (C=O) groups is 1. The van der Waals surface area contributed by atoms with Crippen molar-refractivity contribution < 1.29 is 15.0 Å². The normalized spacial score (nSPS) is 13.0. The van der Waals surface area contributed by atoms with Gasteiger partial charge in [0.1, 0.15) is 0 Å². The molecule has 1 aromatic carbocycles. The maximum atomic E-state index is 10.5. The van der Waals surface area contributed by atoms with Crippen LogP contribution in [0.2, 0.25) is 0 Å². The molecule has 0 saturated heterocycles. The summed E-state index contributed by atoms with van der Waals surface area (Å²) in [7, 11) is 0. The third-order valence-electron chi connectivity index (χ3n) is 3.66. The van der Waals surface area contributed by atoms with Crippen molar-refractivity contribution in [3.63, 3.8) is 0 Å². The first-order valence-corrected chi connectivity index (χ1v) is 8.47. The Bertz CT molecular complexity index is 517. The van der Waals surface area contributed by atoms with Gasteiger partial charge in [0.2, 0.25) is 0 Å². The fourth-order valence-corrected chi connectivity index (χ4v) is 2.31. The maximum Gasteiger partial charge on any atom is 0.303 e. The van der Waals surface area contributed by atoms with E-state index in [0.29, 0.717) is 6.42 Å². The summed E-state index contributed by atoms with van der Waals surface area (Å²) in [4.78, 5) is 10.5. The number of hydrogen-bond acceptors (Lipinski definition) is 2. The summed E-state index contributed by atoms with van der Waals surface area (Å²) in [6, 6.07) is 8.00. The van der Waals surface area contributed by atoms with Gasteiger partial charge in [-0.3, -0.25) is 4.79 Å². The number of unbranched alkanes of at least 4 members (excludes halogenated alkanes) is 3. The lowest BCUT2D eigenvalue weighted by Crippen LogP contribution is -2.01. The summed E-state index contributed by atoms with van der Waals surface area (Å²) in [6.45, 7) is 2.15. The van der Waals surface area contributed by atoms with Crippen LogP contribution in [0.5, 0.6) is 0 Å². The van der Waals surface area contributed by atoms with Crippen LogP contribution in [-0.2, 0) is 4.79 Å². The largest absolute Gasteiger partial charge is 0.481 e. The summed E-state index contributed by atoms with van der Waals surface area (Å²) < 4.78 is 0. The van der Waals surface area contributed by atoms with Gasteiger partial charge in [-0.05, 0) is 30.4 Å². The van der Waals surface area contributed by atoms with Gasteiger partial charge in [0, 0.05) is 6.42 Å². The smallest absolute Gasteiger partial charge is 0.303 e. The molecular weight excluding hydrogens is 288 g/mol. The van der Waals surface area contributed by atoms with Gasteiger partial charge in [0.15, 0.2) is 0 Å². The van der Waals surface area contributed by atoms with E-state index < -0.39 is 12.1 Å². The summed E-state index contributed by atoms with van der Waals surface area (Å²) in [5.74, 6) is -0.751. The highest BCUT2D eigenvalue weighted by Crippen LogP contribution is 2.15. The molecule has 2 N–H and O–H groups in total. The molecule has 0 amide bonds. The highest BCUT2D eigenvalue weighted by molar-refractivity contribution is 5.67.